The molecule has 1 aromatic carbocycles. The molecule has 1 heterocycles. The van der Waals surface area contributed by atoms with Crippen LogP contribution in [0.15, 0.2) is 36.5 Å². The van der Waals surface area contributed by atoms with E-state index in [1.807, 2.05) is 19.3 Å². The molecule has 0 saturated heterocycles. The number of rotatable bonds is 6. The number of nitrogens with zero attached hydrogens (tertiary/aromatic N) is 1. The Kier molecular flexibility index (Phi) is 5.39. The van der Waals surface area contributed by atoms with Gasteiger partial charge in [0.15, 0.2) is 11.6 Å². The minimum atomic E-state index is -0.798. The van der Waals surface area contributed by atoms with Gasteiger partial charge in [0.2, 0.25) is 0 Å². The second kappa shape index (κ2) is 7.27. The van der Waals surface area contributed by atoms with Gasteiger partial charge >= 0.3 is 0 Å². The van der Waals surface area contributed by atoms with Crippen molar-refractivity contribution in [3.63, 3.8) is 0 Å². The molecule has 0 saturated carbocycles. The van der Waals surface area contributed by atoms with E-state index in [9.17, 15) is 8.78 Å². The Bertz CT molecular complexity index is 582. The molecular weight excluding hydrogens is 270 g/mol. The summed E-state index contributed by atoms with van der Waals surface area (Å²) < 4.78 is 27.0. The molecular formula is C17H20F2N2. The van der Waals surface area contributed by atoms with E-state index < -0.39 is 11.6 Å². The van der Waals surface area contributed by atoms with E-state index in [2.05, 4.69) is 23.3 Å². The van der Waals surface area contributed by atoms with Gasteiger partial charge in [-0.05, 0) is 43.1 Å². The van der Waals surface area contributed by atoms with Crippen molar-refractivity contribution in [2.45, 2.75) is 32.2 Å². The fourth-order valence-corrected chi connectivity index (χ4v) is 2.29. The molecule has 0 radical (unpaired) electrons. The number of hydrogen-bond acceptors (Lipinski definition) is 2. The van der Waals surface area contributed by atoms with Crippen molar-refractivity contribution >= 4 is 0 Å². The molecule has 0 aliphatic carbocycles. The molecule has 112 valence electrons. The maximum Gasteiger partial charge on any atom is 0.162 e. The average Bonchev–Trinajstić information content (AvgIpc) is 2.51. The molecule has 0 aliphatic heterocycles. The van der Waals surface area contributed by atoms with Gasteiger partial charge in [0, 0.05) is 24.4 Å². The van der Waals surface area contributed by atoms with Gasteiger partial charge in [-0.2, -0.15) is 0 Å². The quantitative estimate of drug-likeness (QED) is 0.883. The third-order valence-corrected chi connectivity index (χ3v) is 3.66. The number of hydrogen-bond donors (Lipinski definition) is 1. The van der Waals surface area contributed by atoms with Crippen molar-refractivity contribution in [2.75, 3.05) is 7.05 Å². The predicted molar refractivity (Wildman–Crippen MR) is 80.2 cm³/mol. The highest BCUT2D eigenvalue weighted by molar-refractivity contribution is 5.21. The highest BCUT2D eigenvalue weighted by Gasteiger charge is 2.14. The molecule has 21 heavy (non-hydrogen) atoms. The van der Waals surface area contributed by atoms with Gasteiger partial charge in [-0.3, -0.25) is 4.98 Å². The zero-order valence-corrected chi connectivity index (χ0v) is 12.4. The first-order valence-corrected chi connectivity index (χ1v) is 7.18. The van der Waals surface area contributed by atoms with Crippen LogP contribution in [0.25, 0.3) is 0 Å². The Labute approximate surface area is 124 Å². The molecule has 1 aromatic heterocycles. The second-order valence-corrected chi connectivity index (χ2v) is 5.12. The number of aryl methyl sites for hydroxylation is 1. The van der Waals surface area contributed by atoms with Gasteiger partial charge in [0.1, 0.15) is 0 Å². The molecule has 0 fully saturated rings. The first-order valence-electron chi connectivity index (χ1n) is 7.18. The highest BCUT2D eigenvalue weighted by Crippen LogP contribution is 2.15. The molecule has 1 atom stereocenters. The van der Waals surface area contributed by atoms with Crippen LogP contribution in [-0.2, 0) is 19.3 Å². The third-order valence-electron chi connectivity index (χ3n) is 3.66. The van der Waals surface area contributed by atoms with Crippen LogP contribution in [0.1, 0.15) is 23.7 Å². The van der Waals surface area contributed by atoms with E-state index in [1.165, 1.54) is 11.6 Å². The molecule has 1 N–H and O–H groups in total. The van der Waals surface area contributed by atoms with Crippen LogP contribution in [0.2, 0.25) is 0 Å². The minimum Gasteiger partial charge on any atom is -0.316 e. The Morgan fingerprint density at radius 2 is 1.95 bits per heavy atom. The maximum atomic E-state index is 13.7. The van der Waals surface area contributed by atoms with E-state index >= 15 is 0 Å². The van der Waals surface area contributed by atoms with Gasteiger partial charge < -0.3 is 5.32 Å². The lowest BCUT2D eigenvalue weighted by atomic mass is 10.0. The lowest BCUT2D eigenvalue weighted by molar-refractivity contribution is 0.481. The fraction of sp³-hybridized carbons (Fsp3) is 0.353. The first kappa shape index (κ1) is 15.6. The Balaban J connectivity index is 2.07. The van der Waals surface area contributed by atoms with E-state index in [1.54, 1.807) is 6.07 Å². The molecule has 2 rings (SSSR count). The van der Waals surface area contributed by atoms with Crippen molar-refractivity contribution in [3.05, 3.63) is 65.0 Å². The fourth-order valence-electron chi connectivity index (χ4n) is 2.29. The normalized spacial score (nSPS) is 12.4. The Morgan fingerprint density at radius 1 is 1.14 bits per heavy atom. The smallest absolute Gasteiger partial charge is 0.162 e. The number of nitrogens with one attached hydrogen (secondary N) is 1. The van der Waals surface area contributed by atoms with Gasteiger partial charge in [-0.25, -0.2) is 8.78 Å². The summed E-state index contributed by atoms with van der Waals surface area (Å²) in [5, 5.41) is 3.15. The molecule has 4 heteroatoms. The lowest BCUT2D eigenvalue weighted by Crippen LogP contribution is -2.30. The standard InChI is InChI=1S/C17H20F2N2/c1-3-12-7-8-14(21-11-12)10-15(20-2)9-13-5-4-6-16(18)17(13)19/h4-8,11,15,20H,3,9-10H2,1-2H3. The van der Waals surface area contributed by atoms with Gasteiger partial charge in [-0.15, -0.1) is 0 Å². The van der Waals surface area contributed by atoms with Crippen molar-refractivity contribution < 1.29 is 8.78 Å². The number of pyridine rings is 1. The van der Waals surface area contributed by atoms with E-state index in [4.69, 9.17) is 0 Å². The summed E-state index contributed by atoms with van der Waals surface area (Å²) in [5.41, 5.74) is 2.53. The van der Waals surface area contributed by atoms with Crippen LogP contribution in [-0.4, -0.2) is 18.1 Å². The topological polar surface area (TPSA) is 24.9 Å². The predicted octanol–water partition coefficient (Wildman–Crippen LogP) is 3.30. The van der Waals surface area contributed by atoms with Crippen LogP contribution >= 0.6 is 0 Å². The number of likely N-dealkylation sites (N-methyl/N-ethyl adjacent to an activating group) is 1. The molecule has 1 unspecified atom stereocenters. The minimum absolute atomic E-state index is 0.0151. The largest absolute Gasteiger partial charge is 0.316 e. The van der Waals surface area contributed by atoms with Crippen molar-refractivity contribution in [1.29, 1.82) is 0 Å². The lowest BCUT2D eigenvalue weighted by Gasteiger charge is -2.16. The zero-order chi connectivity index (χ0) is 15.2. The van der Waals surface area contributed by atoms with Gasteiger partial charge in [-0.1, -0.05) is 25.1 Å². The van der Waals surface area contributed by atoms with Gasteiger partial charge in [0.25, 0.3) is 0 Å². The van der Waals surface area contributed by atoms with Crippen molar-refractivity contribution in [1.82, 2.24) is 10.3 Å². The molecule has 2 aromatic rings. The van der Waals surface area contributed by atoms with Crippen LogP contribution in [0.3, 0.4) is 0 Å². The summed E-state index contributed by atoms with van der Waals surface area (Å²) in [4.78, 5) is 4.41. The van der Waals surface area contributed by atoms with Crippen LogP contribution in [0.4, 0.5) is 8.78 Å². The van der Waals surface area contributed by atoms with Crippen molar-refractivity contribution in [3.8, 4) is 0 Å². The van der Waals surface area contributed by atoms with Crippen LogP contribution < -0.4 is 5.32 Å². The highest BCUT2D eigenvalue weighted by atomic mass is 19.2. The number of aromatic nitrogens is 1. The first-order chi connectivity index (χ1) is 10.1. The summed E-state index contributed by atoms with van der Waals surface area (Å²) in [6.45, 7) is 2.08. The van der Waals surface area contributed by atoms with Crippen LogP contribution in [0, 0.1) is 11.6 Å². The van der Waals surface area contributed by atoms with E-state index in [-0.39, 0.29) is 6.04 Å². The zero-order valence-electron chi connectivity index (χ0n) is 12.4. The van der Waals surface area contributed by atoms with Crippen LogP contribution in [0.5, 0.6) is 0 Å². The molecule has 0 amide bonds. The summed E-state index contributed by atoms with van der Waals surface area (Å²) in [6.07, 6.45) is 3.93. The summed E-state index contributed by atoms with van der Waals surface area (Å²) in [5.74, 6) is -1.56. The number of benzene rings is 1. The van der Waals surface area contributed by atoms with Crippen molar-refractivity contribution in [2.24, 2.45) is 0 Å². The SMILES string of the molecule is CCc1ccc(CC(Cc2cccc(F)c2F)NC)nc1. The molecule has 0 aliphatic rings. The number of halogens is 2. The molecule has 2 nitrogen and oxygen atoms in total. The maximum absolute atomic E-state index is 13.7. The Hall–Kier alpha value is -1.81. The van der Waals surface area contributed by atoms with E-state index in [0.29, 0.717) is 18.4 Å². The van der Waals surface area contributed by atoms with E-state index in [0.717, 1.165) is 18.2 Å². The summed E-state index contributed by atoms with van der Waals surface area (Å²) in [7, 11) is 1.82. The second-order valence-electron chi connectivity index (χ2n) is 5.12. The average molecular weight is 290 g/mol. The third kappa shape index (κ3) is 4.08. The summed E-state index contributed by atoms with van der Waals surface area (Å²) in [6, 6.07) is 8.35. The Morgan fingerprint density at radius 3 is 2.57 bits per heavy atom. The monoisotopic (exact) mass is 290 g/mol. The summed E-state index contributed by atoms with van der Waals surface area (Å²) >= 11 is 0. The van der Waals surface area contributed by atoms with Gasteiger partial charge in [0.05, 0.1) is 0 Å². The molecule has 0 spiro atoms. The molecule has 0 bridgehead atoms.